The summed E-state index contributed by atoms with van der Waals surface area (Å²) in [6.07, 6.45) is 3.83. The van der Waals surface area contributed by atoms with Crippen molar-refractivity contribution in [3.63, 3.8) is 0 Å². The standard InChI is InChI=1S/C30H39N5O5S/c1-19(17-36)27(25-16-26(34-40-25)39-23-10-12-31-13-11-23)30(38)35-15-3-4-24(35)29(37)32-14-9-21-5-7-22(8-6-21)28-20(2)33-18-41-28/h5-8,16,18-19,23-24,27,31,36H,3-4,9-15,17H2,1-2H3,(H,32,37)/t19-,24+,27+/m1/s1. The largest absolute Gasteiger partial charge is 0.472 e. The number of ether oxygens (including phenoxy) is 1. The first-order chi connectivity index (χ1) is 19.9. The van der Waals surface area contributed by atoms with Gasteiger partial charge in [-0.05, 0) is 74.3 Å². The number of likely N-dealkylation sites (tertiary alicyclic amines) is 1. The van der Waals surface area contributed by atoms with Crippen LogP contribution in [0.5, 0.6) is 5.88 Å². The Labute approximate surface area is 244 Å². The number of hydrogen-bond donors (Lipinski definition) is 3. The number of carbonyl (C=O) groups excluding carboxylic acids is 2. The van der Waals surface area contributed by atoms with Gasteiger partial charge in [-0.2, -0.15) is 0 Å². The minimum Gasteiger partial charge on any atom is -0.472 e. The minimum absolute atomic E-state index is 0.0469. The van der Waals surface area contributed by atoms with Gasteiger partial charge in [0, 0.05) is 25.8 Å². The number of nitrogens with one attached hydrogen (secondary N) is 2. The van der Waals surface area contributed by atoms with E-state index >= 15 is 0 Å². The molecule has 0 aliphatic carbocycles. The number of thiazole rings is 1. The molecule has 0 radical (unpaired) electrons. The fraction of sp³-hybridized carbons (Fsp3) is 0.533. The molecule has 3 N–H and O–H groups in total. The van der Waals surface area contributed by atoms with E-state index in [-0.39, 0.29) is 24.5 Å². The van der Waals surface area contributed by atoms with Crippen LogP contribution < -0.4 is 15.4 Å². The minimum atomic E-state index is -0.757. The highest BCUT2D eigenvalue weighted by atomic mass is 32.1. The van der Waals surface area contributed by atoms with Crippen LogP contribution >= 0.6 is 11.3 Å². The first-order valence-corrected chi connectivity index (χ1v) is 15.3. The molecule has 4 heterocycles. The normalized spacial score (nSPS) is 19.2. The molecule has 2 amide bonds. The number of amides is 2. The fourth-order valence-electron chi connectivity index (χ4n) is 5.64. The zero-order chi connectivity index (χ0) is 28.8. The second-order valence-electron chi connectivity index (χ2n) is 11.0. The van der Waals surface area contributed by atoms with Crippen molar-refractivity contribution in [2.45, 2.75) is 64.0 Å². The van der Waals surface area contributed by atoms with E-state index in [2.05, 4.69) is 45.0 Å². The van der Waals surface area contributed by atoms with Crippen molar-refractivity contribution in [3.8, 4) is 16.3 Å². The Morgan fingerprint density at radius 2 is 2.02 bits per heavy atom. The highest BCUT2D eigenvalue weighted by Crippen LogP contribution is 2.33. The number of piperidine rings is 1. The van der Waals surface area contributed by atoms with Crippen LogP contribution in [0.3, 0.4) is 0 Å². The van der Waals surface area contributed by atoms with E-state index in [1.165, 1.54) is 4.88 Å². The number of benzene rings is 1. The van der Waals surface area contributed by atoms with Gasteiger partial charge in [-0.1, -0.05) is 31.2 Å². The van der Waals surface area contributed by atoms with Gasteiger partial charge >= 0.3 is 0 Å². The molecule has 10 nitrogen and oxygen atoms in total. The van der Waals surface area contributed by atoms with Crippen LogP contribution in [-0.4, -0.2) is 76.9 Å². The Morgan fingerprint density at radius 1 is 1.24 bits per heavy atom. The molecule has 0 unspecified atom stereocenters. The quantitative estimate of drug-likeness (QED) is 0.315. The lowest BCUT2D eigenvalue weighted by atomic mass is 9.90. The van der Waals surface area contributed by atoms with Crippen LogP contribution in [0.15, 0.2) is 40.4 Å². The lowest BCUT2D eigenvalue weighted by molar-refractivity contribution is -0.141. The van der Waals surface area contributed by atoms with Gasteiger partial charge < -0.3 is 29.9 Å². The van der Waals surface area contributed by atoms with Crippen LogP contribution in [0.1, 0.15) is 55.5 Å². The Kier molecular flexibility index (Phi) is 9.68. The van der Waals surface area contributed by atoms with Gasteiger partial charge in [0.05, 0.1) is 16.1 Å². The summed E-state index contributed by atoms with van der Waals surface area (Å²) in [4.78, 5) is 34.1. The molecule has 2 aliphatic heterocycles. The third kappa shape index (κ3) is 6.97. The summed E-state index contributed by atoms with van der Waals surface area (Å²) < 4.78 is 11.5. The summed E-state index contributed by atoms with van der Waals surface area (Å²) >= 11 is 1.63. The number of carbonyl (C=O) groups is 2. The molecule has 41 heavy (non-hydrogen) atoms. The number of aromatic nitrogens is 2. The van der Waals surface area contributed by atoms with Gasteiger partial charge in [0.25, 0.3) is 5.88 Å². The van der Waals surface area contributed by atoms with Crippen LogP contribution in [0.4, 0.5) is 0 Å². The number of hydrogen-bond acceptors (Lipinski definition) is 9. The molecular weight excluding hydrogens is 542 g/mol. The summed E-state index contributed by atoms with van der Waals surface area (Å²) in [6.45, 7) is 6.33. The molecule has 3 atom stereocenters. The summed E-state index contributed by atoms with van der Waals surface area (Å²) in [6, 6.07) is 9.43. The topological polar surface area (TPSA) is 130 Å². The molecule has 220 valence electrons. The Bertz CT molecular complexity index is 1300. The molecule has 5 rings (SSSR count). The maximum Gasteiger partial charge on any atom is 0.254 e. The molecule has 2 saturated heterocycles. The highest BCUT2D eigenvalue weighted by molar-refractivity contribution is 7.13. The maximum absolute atomic E-state index is 13.8. The molecule has 3 aromatic rings. The molecule has 2 aliphatic rings. The summed E-state index contributed by atoms with van der Waals surface area (Å²) in [7, 11) is 0. The molecular formula is C30H39N5O5S. The van der Waals surface area contributed by atoms with E-state index in [4.69, 9.17) is 9.26 Å². The Morgan fingerprint density at radius 3 is 2.73 bits per heavy atom. The zero-order valence-corrected chi connectivity index (χ0v) is 24.5. The lowest BCUT2D eigenvalue weighted by Gasteiger charge is -2.29. The van der Waals surface area contributed by atoms with Crippen molar-refractivity contribution in [1.29, 1.82) is 0 Å². The highest BCUT2D eigenvalue weighted by Gasteiger charge is 2.41. The van der Waals surface area contributed by atoms with E-state index in [1.54, 1.807) is 29.2 Å². The average Bonchev–Trinajstić information content (AvgIpc) is 3.76. The number of aryl methyl sites for hydroxylation is 1. The van der Waals surface area contributed by atoms with Gasteiger partial charge in [-0.25, -0.2) is 4.98 Å². The molecule has 2 aromatic heterocycles. The van der Waals surface area contributed by atoms with Crippen molar-refractivity contribution >= 4 is 23.2 Å². The zero-order valence-electron chi connectivity index (χ0n) is 23.7. The van der Waals surface area contributed by atoms with E-state index in [9.17, 15) is 14.7 Å². The average molecular weight is 582 g/mol. The van der Waals surface area contributed by atoms with Crippen molar-refractivity contribution < 1.29 is 24.0 Å². The Hall–Kier alpha value is -3.28. The Balaban J connectivity index is 1.18. The van der Waals surface area contributed by atoms with Crippen LogP contribution in [0, 0.1) is 12.8 Å². The van der Waals surface area contributed by atoms with Gasteiger partial charge in [0.1, 0.15) is 18.1 Å². The predicted octanol–water partition coefficient (Wildman–Crippen LogP) is 3.30. The molecule has 0 spiro atoms. The molecule has 0 bridgehead atoms. The maximum atomic E-state index is 13.8. The monoisotopic (exact) mass is 581 g/mol. The summed E-state index contributed by atoms with van der Waals surface area (Å²) in [5, 5.41) is 20.3. The fourth-order valence-corrected chi connectivity index (χ4v) is 6.45. The predicted molar refractivity (Wildman–Crippen MR) is 156 cm³/mol. The van der Waals surface area contributed by atoms with Crippen molar-refractivity contribution in [1.82, 2.24) is 25.7 Å². The summed E-state index contributed by atoms with van der Waals surface area (Å²) in [5.41, 5.74) is 5.14. The first kappa shape index (κ1) is 29.2. The van der Waals surface area contributed by atoms with Crippen molar-refractivity contribution in [2.24, 2.45) is 5.92 Å². The number of nitrogens with zero attached hydrogens (tertiary/aromatic N) is 3. The van der Waals surface area contributed by atoms with Gasteiger partial charge in [-0.15, -0.1) is 11.3 Å². The van der Waals surface area contributed by atoms with Crippen LogP contribution in [-0.2, 0) is 16.0 Å². The molecule has 11 heteroatoms. The number of rotatable bonds is 11. The third-order valence-corrected chi connectivity index (χ3v) is 9.00. The number of aliphatic hydroxyl groups is 1. The van der Waals surface area contributed by atoms with Crippen molar-refractivity contribution in [3.05, 3.63) is 52.9 Å². The van der Waals surface area contributed by atoms with Gasteiger partial charge in [0.2, 0.25) is 11.8 Å². The first-order valence-electron chi connectivity index (χ1n) is 14.5. The van der Waals surface area contributed by atoms with E-state index < -0.39 is 17.9 Å². The van der Waals surface area contributed by atoms with Gasteiger partial charge in [0.15, 0.2) is 5.76 Å². The number of aliphatic hydroxyl groups excluding tert-OH is 1. The molecule has 1 aromatic carbocycles. The SMILES string of the molecule is Cc1ncsc1-c1ccc(CCNC(=O)[C@@H]2CCCN2C(=O)[C@H](c2cc(OC3CCNCC3)no2)[C@H](C)CO)cc1. The third-order valence-electron chi connectivity index (χ3n) is 8.02. The van der Waals surface area contributed by atoms with Gasteiger partial charge in [-0.3, -0.25) is 9.59 Å². The van der Waals surface area contributed by atoms with Crippen LogP contribution in [0.25, 0.3) is 10.4 Å². The second-order valence-corrected chi connectivity index (χ2v) is 11.8. The van der Waals surface area contributed by atoms with Crippen molar-refractivity contribution in [2.75, 3.05) is 32.8 Å². The molecule has 0 saturated carbocycles. The van der Waals surface area contributed by atoms with Crippen LogP contribution in [0.2, 0.25) is 0 Å². The molecule has 2 fully saturated rings. The lowest BCUT2D eigenvalue weighted by Crippen LogP contribution is -2.48. The smallest absolute Gasteiger partial charge is 0.254 e. The summed E-state index contributed by atoms with van der Waals surface area (Å²) in [5.74, 6) is -0.863. The second kappa shape index (κ2) is 13.6. The van der Waals surface area contributed by atoms with E-state index in [0.29, 0.717) is 37.6 Å². The van der Waals surface area contributed by atoms with E-state index in [1.807, 2.05) is 12.4 Å². The van der Waals surface area contributed by atoms with E-state index in [0.717, 1.165) is 49.2 Å².